The van der Waals surface area contributed by atoms with Crippen LogP contribution in [0.5, 0.6) is 0 Å². The number of nitro groups is 1. The van der Waals surface area contributed by atoms with Gasteiger partial charge < -0.3 is 9.88 Å². The van der Waals surface area contributed by atoms with E-state index < -0.39 is 14.8 Å². The fraction of sp³-hybridized carbons (Fsp3) is 0.385. The molecule has 0 saturated heterocycles. The molecule has 0 spiro atoms. The second-order valence-electron chi connectivity index (χ2n) is 5.45. The van der Waals surface area contributed by atoms with Gasteiger partial charge in [0.2, 0.25) is 0 Å². The number of nitrogens with zero attached hydrogens (tertiary/aromatic N) is 4. The van der Waals surface area contributed by atoms with Crippen LogP contribution in [0.3, 0.4) is 0 Å². The molecule has 23 heavy (non-hydrogen) atoms. The molecule has 0 bridgehead atoms. The van der Waals surface area contributed by atoms with Crippen molar-refractivity contribution in [2.75, 3.05) is 11.6 Å². The molecule has 0 unspecified atom stereocenters. The van der Waals surface area contributed by atoms with Crippen LogP contribution in [-0.4, -0.2) is 34.4 Å². The van der Waals surface area contributed by atoms with Crippen molar-refractivity contribution in [3.63, 3.8) is 0 Å². The molecular weight excluding hydrogens is 322 g/mol. The zero-order valence-corrected chi connectivity index (χ0v) is 13.2. The standard InChI is InChI=1S/C13H15N5O4S/c1-23(21,22)10-4-5-11(12(6-10)18(19)20)14-7-13-16-15-8-17(13)9-2-3-9/h4-6,8-9,14H,2-3,7H2,1H3. The first-order valence-electron chi connectivity index (χ1n) is 6.97. The SMILES string of the molecule is CS(=O)(=O)c1ccc(NCc2nncn2C2CC2)c([N+](=O)[O-])c1. The number of anilines is 1. The van der Waals surface area contributed by atoms with Crippen LogP contribution < -0.4 is 5.32 Å². The van der Waals surface area contributed by atoms with E-state index in [1.807, 2.05) is 4.57 Å². The van der Waals surface area contributed by atoms with Crippen LogP contribution in [0.25, 0.3) is 0 Å². The highest BCUT2D eigenvalue weighted by Crippen LogP contribution is 2.35. The maximum atomic E-state index is 11.5. The van der Waals surface area contributed by atoms with Crippen molar-refractivity contribution in [3.05, 3.63) is 40.5 Å². The van der Waals surface area contributed by atoms with Crippen LogP contribution in [0.15, 0.2) is 29.4 Å². The Hall–Kier alpha value is -2.49. The maximum Gasteiger partial charge on any atom is 0.293 e. The molecule has 0 radical (unpaired) electrons. The lowest BCUT2D eigenvalue weighted by Gasteiger charge is -2.09. The number of hydrogen-bond donors (Lipinski definition) is 1. The second-order valence-corrected chi connectivity index (χ2v) is 7.46. The summed E-state index contributed by atoms with van der Waals surface area (Å²) >= 11 is 0. The van der Waals surface area contributed by atoms with Crippen LogP contribution >= 0.6 is 0 Å². The molecule has 1 aliphatic carbocycles. The van der Waals surface area contributed by atoms with Gasteiger partial charge in [-0.15, -0.1) is 10.2 Å². The zero-order valence-electron chi connectivity index (χ0n) is 12.3. The molecule has 10 heteroatoms. The van der Waals surface area contributed by atoms with Gasteiger partial charge in [-0.25, -0.2) is 8.42 Å². The van der Waals surface area contributed by atoms with Crippen molar-refractivity contribution in [1.29, 1.82) is 0 Å². The highest BCUT2D eigenvalue weighted by atomic mass is 32.2. The molecule has 0 atom stereocenters. The molecule has 1 saturated carbocycles. The summed E-state index contributed by atoms with van der Waals surface area (Å²) in [6.07, 6.45) is 4.82. The summed E-state index contributed by atoms with van der Waals surface area (Å²) in [7, 11) is -3.50. The first kappa shape index (κ1) is 15.4. The monoisotopic (exact) mass is 337 g/mol. The molecule has 0 amide bonds. The van der Waals surface area contributed by atoms with E-state index in [0.717, 1.165) is 25.2 Å². The normalized spacial score (nSPS) is 14.7. The number of nitrogens with one attached hydrogen (secondary N) is 1. The fourth-order valence-corrected chi connectivity index (χ4v) is 2.91. The maximum absolute atomic E-state index is 11.5. The predicted molar refractivity (Wildman–Crippen MR) is 81.8 cm³/mol. The van der Waals surface area contributed by atoms with Gasteiger partial charge in [0.1, 0.15) is 12.0 Å². The topological polar surface area (TPSA) is 120 Å². The van der Waals surface area contributed by atoms with Crippen molar-refractivity contribution in [1.82, 2.24) is 14.8 Å². The summed E-state index contributed by atoms with van der Waals surface area (Å²) in [6, 6.07) is 4.20. The van der Waals surface area contributed by atoms with Gasteiger partial charge in [-0.3, -0.25) is 10.1 Å². The Kier molecular flexibility index (Phi) is 3.76. The Morgan fingerprint density at radius 2 is 2.17 bits per heavy atom. The predicted octanol–water partition coefficient (Wildman–Crippen LogP) is 1.54. The minimum Gasteiger partial charge on any atom is -0.372 e. The summed E-state index contributed by atoms with van der Waals surface area (Å²) < 4.78 is 25.0. The Morgan fingerprint density at radius 1 is 1.43 bits per heavy atom. The molecule has 1 aliphatic rings. The third kappa shape index (κ3) is 3.31. The molecule has 1 N–H and O–H groups in total. The van der Waals surface area contributed by atoms with Crippen LogP contribution in [0.2, 0.25) is 0 Å². The first-order chi connectivity index (χ1) is 10.9. The van der Waals surface area contributed by atoms with E-state index in [2.05, 4.69) is 15.5 Å². The number of benzene rings is 1. The molecule has 3 rings (SSSR count). The van der Waals surface area contributed by atoms with E-state index in [1.165, 1.54) is 12.1 Å². The Balaban J connectivity index is 1.84. The van der Waals surface area contributed by atoms with Gasteiger partial charge in [0.15, 0.2) is 15.7 Å². The Morgan fingerprint density at radius 3 is 2.78 bits per heavy atom. The van der Waals surface area contributed by atoms with Crippen LogP contribution in [0.4, 0.5) is 11.4 Å². The van der Waals surface area contributed by atoms with Crippen LogP contribution in [-0.2, 0) is 16.4 Å². The summed E-state index contributed by atoms with van der Waals surface area (Å²) in [5.41, 5.74) is -0.0434. The number of hydrogen-bond acceptors (Lipinski definition) is 7. The molecule has 1 aromatic carbocycles. The zero-order chi connectivity index (χ0) is 16.6. The van der Waals surface area contributed by atoms with Crippen molar-refractivity contribution in [3.8, 4) is 0 Å². The number of aromatic nitrogens is 3. The van der Waals surface area contributed by atoms with Crippen LogP contribution in [0, 0.1) is 10.1 Å². The fourth-order valence-electron chi connectivity index (χ4n) is 2.27. The molecule has 0 aliphatic heterocycles. The second kappa shape index (κ2) is 5.61. The highest BCUT2D eigenvalue weighted by molar-refractivity contribution is 7.90. The van der Waals surface area contributed by atoms with Gasteiger partial charge in [-0.1, -0.05) is 0 Å². The lowest BCUT2D eigenvalue weighted by molar-refractivity contribution is -0.384. The molecule has 1 heterocycles. The lowest BCUT2D eigenvalue weighted by Crippen LogP contribution is -2.09. The summed E-state index contributed by atoms with van der Waals surface area (Å²) in [6.45, 7) is 0.273. The average Bonchev–Trinajstić information content (AvgIpc) is 3.22. The average molecular weight is 337 g/mol. The van der Waals surface area contributed by atoms with Gasteiger partial charge in [-0.05, 0) is 25.0 Å². The number of rotatable bonds is 6. The van der Waals surface area contributed by atoms with Crippen molar-refractivity contribution >= 4 is 21.2 Å². The number of nitro benzene ring substituents is 1. The van der Waals surface area contributed by atoms with Crippen molar-refractivity contribution < 1.29 is 13.3 Å². The van der Waals surface area contributed by atoms with Gasteiger partial charge in [-0.2, -0.15) is 0 Å². The summed E-state index contributed by atoms with van der Waals surface area (Å²) in [5, 5.41) is 22.0. The minimum absolute atomic E-state index is 0.0871. The third-order valence-corrected chi connectivity index (χ3v) is 4.73. The van der Waals surface area contributed by atoms with Gasteiger partial charge in [0.25, 0.3) is 5.69 Å². The van der Waals surface area contributed by atoms with Crippen molar-refractivity contribution in [2.45, 2.75) is 30.3 Å². The van der Waals surface area contributed by atoms with E-state index in [0.29, 0.717) is 11.9 Å². The summed E-state index contributed by atoms with van der Waals surface area (Å²) in [5.74, 6) is 0.689. The smallest absolute Gasteiger partial charge is 0.293 e. The Bertz CT molecular complexity index is 857. The molecule has 1 aromatic heterocycles. The molecule has 2 aromatic rings. The molecule has 1 fully saturated rings. The van der Waals surface area contributed by atoms with Gasteiger partial charge in [0.05, 0.1) is 16.4 Å². The van der Waals surface area contributed by atoms with E-state index in [-0.39, 0.29) is 22.8 Å². The quantitative estimate of drug-likeness (QED) is 0.627. The molecule has 122 valence electrons. The third-order valence-electron chi connectivity index (χ3n) is 3.62. The van der Waals surface area contributed by atoms with E-state index in [9.17, 15) is 18.5 Å². The van der Waals surface area contributed by atoms with Gasteiger partial charge in [0, 0.05) is 18.4 Å². The van der Waals surface area contributed by atoms with E-state index >= 15 is 0 Å². The molecule has 9 nitrogen and oxygen atoms in total. The lowest BCUT2D eigenvalue weighted by atomic mass is 10.2. The van der Waals surface area contributed by atoms with E-state index in [4.69, 9.17) is 0 Å². The van der Waals surface area contributed by atoms with E-state index in [1.54, 1.807) is 6.33 Å². The van der Waals surface area contributed by atoms with Crippen LogP contribution in [0.1, 0.15) is 24.7 Å². The van der Waals surface area contributed by atoms with Crippen molar-refractivity contribution in [2.24, 2.45) is 0 Å². The summed E-state index contributed by atoms with van der Waals surface area (Å²) in [4.78, 5) is 10.5. The van der Waals surface area contributed by atoms with Gasteiger partial charge >= 0.3 is 0 Å². The minimum atomic E-state index is -3.50. The Labute approximate surface area is 132 Å². The first-order valence-corrected chi connectivity index (χ1v) is 8.86. The highest BCUT2D eigenvalue weighted by Gasteiger charge is 2.26. The largest absolute Gasteiger partial charge is 0.372 e. The molecular formula is C13H15N5O4S. The number of sulfone groups is 1.